The van der Waals surface area contributed by atoms with Crippen molar-refractivity contribution in [3.8, 4) is 5.75 Å². The van der Waals surface area contributed by atoms with Crippen molar-refractivity contribution in [1.29, 1.82) is 0 Å². The lowest BCUT2D eigenvalue weighted by Crippen LogP contribution is -2.34. The molecule has 0 atom stereocenters. The first-order chi connectivity index (χ1) is 10.3. The first kappa shape index (κ1) is 20.8. The van der Waals surface area contributed by atoms with Crippen LogP contribution in [0.4, 0.5) is 0 Å². The second-order valence-electron chi connectivity index (χ2n) is 4.87. The van der Waals surface area contributed by atoms with Crippen molar-refractivity contribution in [1.82, 2.24) is 0 Å². The fourth-order valence-corrected chi connectivity index (χ4v) is 1.74. The molecule has 22 heavy (non-hydrogen) atoms. The Balaban J connectivity index is 0.000000763. The van der Waals surface area contributed by atoms with E-state index < -0.39 is 10.3 Å². The Kier molecular flexibility index (Phi) is 11.7. The molecule has 0 aliphatic heterocycles. The zero-order valence-electron chi connectivity index (χ0n) is 13.0. The van der Waals surface area contributed by atoms with E-state index in [9.17, 15) is 5.11 Å². The van der Waals surface area contributed by atoms with Gasteiger partial charge in [-0.3, -0.25) is 0 Å². The molecule has 0 aromatic carbocycles. The molecule has 1 heterocycles. The van der Waals surface area contributed by atoms with Gasteiger partial charge in [0, 0.05) is 6.07 Å². The van der Waals surface area contributed by atoms with Crippen LogP contribution in [0, 0.1) is 0 Å². The largest absolute Gasteiger partial charge is 0.736 e. The summed E-state index contributed by atoms with van der Waals surface area (Å²) in [7, 11) is -4.42. The molecule has 1 rings (SSSR count). The zero-order chi connectivity index (χ0) is 16.8. The number of ether oxygens (including phenoxy) is 1. The maximum atomic E-state index is 9.26. The van der Waals surface area contributed by atoms with E-state index in [0.717, 1.165) is 13.0 Å². The normalized spacial score (nSPS) is 10.9. The standard InChI is InChI=1S/C14H23NO2.H3NO3S/c1-2-3-4-5-6-7-11-17-13-15-10-8-9-14(16)12-15;1-5(2,3)4/h8-10,12H,2-7,11,13H2,1H3;(H3,1,2,3,4). The van der Waals surface area contributed by atoms with Crippen molar-refractivity contribution in [3.63, 3.8) is 0 Å². The highest BCUT2D eigenvalue weighted by atomic mass is 32.2. The Morgan fingerprint density at radius 1 is 1.27 bits per heavy atom. The molecule has 0 saturated heterocycles. The number of unbranched alkanes of at least 4 members (excludes halogenated alkanes) is 5. The fourth-order valence-electron chi connectivity index (χ4n) is 1.74. The van der Waals surface area contributed by atoms with Crippen LogP contribution in [0.5, 0.6) is 5.75 Å². The number of rotatable bonds is 9. The lowest BCUT2D eigenvalue weighted by molar-refractivity contribution is -0.733. The van der Waals surface area contributed by atoms with Gasteiger partial charge in [0.1, 0.15) is 0 Å². The maximum Gasteiger partial charge on any atom is 0.252 e. The van der Waals surface area contributed by atoms with Gasteiger partial charge in [-0.25, -0.2) is 13.6 Å². The molecule has 8 heteroatoms. The summed E-state index contributed by atoms with van der Waals surface area (Å²) in [6, 6.07) is 3.47. The number of hydrogen-bond acceptors (Lipinski definition) is 5. The lowest BCUT2D eigenvalue weighted by Gasteiger charge is -2.01. The summed E-state index contributed by atoms with van der Waals surface area (Å²) in [5.74, 6) is 0.274. The van der Waals surface area contributed by atoms with Gasteiger partial charge in [0.2, 0.25) is 6.20 Å². The summed E-state index contributed by atoms with van der Waals surface area (Å²) in [4.78, 5) is 0. The van der Waals surface area contributed by atoms with Crippen LogP contribution in [0.2, 0.25) is 0 Å². The molecule has 0 spiro atoms. The van der Waals surface area contributed by atoms with Crippen LogP contribution in [-0.4, -0.2) is 24.7 Å². The van der Waals surface area contributed by atoms with E-state index in [1.165, 1.54) is 32.1 Å². The first-order valence-electron chi connectivity index (χ1n) is 7.32. The van der Waals surface area contributed by atoms with Crippen LogP contribution in [0.3, 0.4) is 0 Å². The molecule has 1 aromatic heterocycles. The molecule has 0 radical (unpaired) electrons. The summed E-state index contributed by atoms with van der Waals surface area (Å²) in [6.45, 7) is 3.55. The third-order valence-corrected chi connectivity index (χ3v) is 2.73. The van der Waals surface area contributed by atoms with E-state index in [2.05, 4.69) is 12.1 Å². The van der Waals surface area contributed by atoms with Crippen molar-refractivity contribution in [2.75, 3.05) is 6.61 Å². The Bertz CT molecular complexity index is 486. The van der Waals surface area contributed by atoms with Gasteiger partial charge in [-0.2, -0.15) is 4.57 Å². The van der Waals surface area contributed by atoms with Crippen molar-refractivity contribution < 1.29 is 27.4 Å². The minimum absolute atomic E-state index is 0.274. The van der Waals surface area contributed by atoms with Crippen molar-refractivity contribution >= 4 is 10.3 Å². The molecule has 0 bridgehead atoms. The molecule has 0 amide bonds. The van der Waals surface area contributed by atoms with Crippen LogP contribution < -0.4 is 9.71 Å². The maximum absolute atomic E-state index is 9.26. The predicted octanol–water partition coefficient (Wildman–Crippen LogP) is 1.42. The zero-order valence-corrected chi connectivity index (χ0v) is 13.8. The molecular formula is C14H26N2O5S. The average molecular weight is 334 g/mol. The van der Waals surface area contributed by atoms with Crippen molar-refractivity contribution in [2.24, 2.45) is 5.14 Å². The Labute approximate surface area is 132 Å². The summed E-state index contributed by atoms with van der Waals surface area (Å²) >= 11 is 0. The van der Waals surface area contributed by atoms with E-state index >= 15 is 0 Å². The van der Waals surface area contributed by atoms with E-state index in [4.69, 9.17) is 17.7 Å². The number of pyridine rings is 1. The van der Waals surface area contributed by atoms with Crippen LogP contribution >= 0.6 is 0 Å². The lowest BCUT2D eigenvalue weighted by atomic mass is 10.1. The average Bonchev–Trinajstić information content (AvgIpc) is 2.40. The van der Waals surface area contributed by atoms with Gasteiger partial charge >= 0.3 is 0 Å². The summed E-state index contributed by atoms with van der Waals surface area (Å²) in [5.41, 5.74) is 0. The highest BCUT2D eigenvalue weighted by Gasteiger charge is 2.00. The third kappa shape index (κ3) is 16.8. The first-order valence-corrected chi connectivity index (χ1v) is 8.79. The highest BCUT2D eigenvalue weighted by molar-refractivity contribution is 7.83. The topological polar surface area (TPSA) is 117 Å². The SMILES string of the molecule is CCCCCCCCOC[n+]1cccc(O)c1.NS(=O)(=O)[O-]. The highest BCUT2D eigenvalue weighted by Crippen LogP contribution is 2.05. The van der Waals surface area contributed by atoms with Gasteiger partial charge in [-0.05, 0) is 12.5 Å². The van der Waals surface area contributed by atoms with Gasteiger partial charge in [0.05, 0.1) is 6.61 Å². The van der Waals surface area contributed by atoms with Gasteiger partial charge < -0.3 is 14.4 Å². The van der Waals surface area contributed by atoms with Gasteiger partial charge in [0.15, 0.2) is 22.3 Å². The number of nitrogens with two attached hydrogens (primary N) is 1. The smallest absolute Gasteiger partial charge is 0.252 e. The molecule has 0 unspecified atom stereocenters. The van der Waals surface area contributed by atoms with Gasteiger partial charge in [-0.15, -0.1) is 0 Å². The predicted molar refractivity (Wildman–Crippen MR) is 81.5 cm³/mol. The number of nitrogens with zero attached hydrogens (tertiary/aromatic N) is 1. The monoisotopic (exact) mass is 334 g/mol. The number of aromatic nitrogens is 1. The van der Waals surface area contributed by atoms with E-state index in [-0.39, 0.29) is 5.75 Å². The summed E-state index contributed by atoms with van der Waals surface area (Å²) in [5, 5.41) is 13.0. The molecule has 0 saturated carbocycles. The van der Waals surface area contributed by atoms with Gasteiger partial charge in [0.25, 0.3) is 6.73 Å². The number of hydrogen-bond donors (Lipinski definition) is 2. The Morgan fingerprint density at radius 3 is 2.45 bits per heavy atom. The third-order valence-electron chi connectivity index (χ3n) is 2.73. The second-order valence-corrected chi connectivity index (χ2v) is 5.86. The molecule has 1 aromatic rings. The molecule has 3 N–H and O–H groups in total. The van der Waals surface area contributed by atoms with Crippen LogP contribution in [0.25, 0.3) is 0 Å². The molecule has 0 aliphatic carbocycles. The van der Waals surface area contributed by atoms with E-state index in [1.807, 2.05) is 16.8 Å². The number of aromatic hydroxyl groups is 1. The Morgan fingerprint density at radius 2 is 1.86 bits per heavy atom. The van der Waals surface area contributed by atoms with E-state index in [1.54, 1.807) is 12.3 Å². The Hall–Kier alpha value is -1.22. The molecule has 0 aliphatic rings. The second kappa shape index (κ2) is 12.3. The summed E-state index contributed by atoms with van der Waals surface area (Å²) in [6.07, 6.45) is 11.2. The van der Waals surface area contributed by atoms with Crippen molar-refractivity contribution in [3.05, 3.63) is 24.5 Å². The summed E-state index contributed by atoms with van der Waals surface area (Å²) < 4.78 is 33.9. The molecule has 128 valence electrons. The molecule has 0 fully saturated rings. The van der Waals surface area contributed by atoms with Crippen LogP contribution in [0.15, 0.2) is 24.5 Å². The van der Waals surface area contributed by atoms with Crippen LogP contribution in [-0.2, 0) is 21.8 Å². The molecule has 7 nitrogen and oxygen atoms in total. The minimum Gasteiger partial charge on any atom is -0.736 e. The van der Waals surface area contributed by atoms with E-state index in [0.29, 0.717) is 6.73 Å². The fraction of sp³-hybridized carbons (Fsp3) is 0.643. The van der Waals surface area contributed by atoms with Gasteiger partial charge in [-0.1, -0.05) is 39.0 Å². The van der Waals surface area contributed by atoms with Crippen LogP contribution in [0.1, 0.15) is 45.4 Å². The quantitative estimate of drug-likeness (QED) is 0.402. The van der Waals surface area contributed by atoms with Crippen molar-refractivity contribution in [2.45, 2.75) is 52.2 Å². The minimum atomic E-state index is -4.42. The molecular weight excluding hydrogens is 308 g/mol.